The molecular formula is C33H37ClFN3O. The summed E-state index contributed by atoms with van der Waals surface area (Å²) in [5, 5.41) is 8.91. The summed E-state index contributed by atoms with van der Waals surface area (Å²) in [4.78, 5) is 18.1. The maximum absolute atomic E-state index is 16.0. The first-order chi connectivity index (χ1) is 18.9. The molecule has 1 aromatic heterocycles. The highest BCUT2D eigenvalue weighted by Crippen LogP contribution is 2.60. The van der Waals surface area contributed by atoms with E-state index in [1.807, 2.05) is 12.1 Å². The molecule has 5 aliphatic rings. The van der Waals surface area contributed by atoms with Crippen molar-refractivity contribution in [3.63, 3.8) is 0 Å². The number of carbonyl (C=O) groups excluding carboxylic acids is 1. The van der Waals surface area contributed by atoms with E-state index in [0.717, 1.165) is 56.0 Å². The molecule has 8 rings (SSSR count). The van der Waals surface area contributed by atoms with Gasteiger partial charge in [-0.15, -0.1) is 0 Å². The molecule has 2 atom stereocenters. The molecule has 3 aromatic rings. The second-order valence-electron chi connectivity index (χ2n) is 12.7. The van der Waals surface area contributed by atoms with Gasteiger partial charge in [-0.3, -0.25) is 9.78 Å². The lowest BCUT2D eigenvalue weighted by atomic mass is 9.60. The Bertz CT molecular complexity index is 1400. The molecule has 0 radical (unpaired) electrons. The second-order valence-corrected chi connectivity index (χ2v) is 13.1. The summed E-state index contributed by atoms with van der Waals surface area (Å²) in [6.07, 6.45) is 10.0. The minimum absolute atomic E-state index is 0.0750. The van der Waals surface area contributed by atoms with Gasteiger partial charge in [0.15, 0.2) is 0 Å². The number of aryl methyl sites for hydroxylation is 1. The Balaban J connectivity index is 0.985. The molecule has 2 fully saturated rings. The Labute approximate surface area is 235 Å². The lowest BCUT2D eigenvalue weighted by molar-refractivity contribution is -0.125. The predicted octanol–water partition coefficient (Wildman–Crippen LogP) is 7.77. The molecule has 0 spiro atoms. The van der Waals surface area contributed by atoms with Gasteiger partial charge >= 0.3 is 0 Å². The maximum atomic E-state index is 16.0. The predicted molar refractivity (Wildman–Crippen MR) is 155 cm³/mol. The van der Waals surface area contributed by atoms with Crippen molar-refractivity contribution in [2.75, 3.05) is 11.9 Å². The summed E-state index contributed by atoms with van der Waals surface area (Å²) in [6.45, 7) is 0.805. The van der Waals surface area contributed by atoms with E-state index in [4.69, 9.17) is 16.6 Å². The summed E-state index contributed by atoms with van der Waals surface area (Å²) in [6, 6.07) is 14.5. The molecule has 204 valence electrons. The molecule has 0 aliphatic heterocycles. The van der Waals surface area contributed by atoms with Crippen LogP contribution in [0.3, 0.4) is 0 Å². The van der Waals surface area contributed by atoms with Crippen molar-refractivity contribution in [1.29, 1.82) is 0 Å². The fourth-order valence-electron chi connectivity index (χ4n) is 8.46. The number of anilines is 1. The zero-order chi connectivity index (χ0) is 26.6. The number of rotatable bonds is 7. The molecule has 2 saturated carbocycles. The van der Waals surface area contributed by atoms with Gasteiger partial charge in [0, 0.05) is 46.7 Å². The quantitative estimate of drug-likeness (QED) is 0.298. The van der Waals surface area contributed by atoms with Gasteiger partial charge in [-0.05, 0) is 111 Å². The summed E-state index contributed by atoms with van der Waals surface area (Å²) < 4.78 is 16.0. The van der Waals surface area contributed by atoms with Crippen LogP contribution < -0.4 is 10.6 Å². The van der Waals surface area contributed by atoms with E-state index >= 15 is 4.39 Å². The molecule has 6 heteroatoms. The van der Waals surface area contributed by atoms with Crippen LogP contribution in [0.4, 0.5) is 10.1 Å². The van der Waals surface area contributed by atoms with Gasteiger partial charge in [0.05, 0.1) is 5.52 Å². The average Bonchev–Trinajstić information content (AvgIpc) is 3.05. The second kappa shape index (κ2) is 9.76. The molecule has 2 aromatic carbocycles. The number of amides is 1. The van der Waals surface area contributed by atoms with E-state index in [2.05, 4.69) is 41.0 Å². The lowest BCUT2D eigenvalue weighted by Gasteiger charge is -2.51. The van der Waals surface area contributed by atoms with Crippen LogP contribution in [0.25, 0.3) is 10.9 Å². The average molecular weight is 546 g/mol. The molecule has 4 nitrogen and oxygen atoms in total. The van der Waals surface area contributed by atoms with Crippen LogP contribution in [0.1, 0.15) is 98.4 Å². The van der Waals surface area contributed by atoms with Gasteiger partial charge in [-0.25, -0.2) is 4.39 Å². The van der Waals surface area contributed by atoms with Crippen molar-refractivity contribution in [1.82, 2.24) is 10.3 Å². The number of aromatic nitrogens is 1. The Hall–Kier alpha value is -2.66. The summed E-state index contributed by atoms with van der Waals surface area (Å²) in [5.74, 6) is 0.479. The number of nitrogens with zero attached hydrogens (tertiary/aromatic N) is 1. The zero-order valence-electron chi connectivity index (χ0n) is 22.5. The van der Waals surface area contributed by atoms with Crippen LogP contribution in [0.5, 0.6) is 0 Å². The van der Waals surface area contributed by atoms with Crippen LogP contribution >= 0.6 is 11.6 Å². The van der Waals surface area contributed by atoms with Gasteiger partial charge in [0.1, 0.15) is 5.67 Å². The molecule has 5 aliphatic carbocycles. The van der Waals surface area contributed by atoms with Gasteiger partial charge in [0.2, 0.25) is 5.91 Å². The van der Waals surface area contributed by atoms with E-state index < -0.39 is 11.2 Å². The fraction of sp³-hybridized carbons (Fsp3) is 0.515. The number of benzene rings is 2. The highest BCUT2D eigenvalue weighted by Gasteiger charge is 2.57. The zero-order valence-corrected chi connectivity index (χ0v) is 23.3. The third-order valence-corrected chi connectivity index (χ3v) is 10.0. The normalized spacial score (nSPS) is 28.6. The van der Waals surface area contributed by atoms with E-state index in [-0.39, 0.29) is 17.7 Å². The SMILES string of the molecule is O=C(CCCCNc1c2c(nc3cc(Cl)ccc13)CCCC2)NC12CC3CC(F)(CC(C1)c1ccccc13)C2. The molecule has 2 N–H and O–H groups in total. The number of hydrogen-bond donors (Lipinski definition) is 2. The molecule has 1 amide bonds. The molecular weight excluding hydrogens is 509 g/mol. The number of halogens is 2. The number of carbonyl (C=O) groups is 1. The largest absolute Gasteiger partial charge is 0.384 e. The third-order valence-electron chi connectivity index (χ3n) is 9.79. The number of hydrogen-bond acceptors (Lipinski definition) is 3. The van der Waals surface area contributed by atoms with Gasteiger partial charge < -0.3 is 10.6 Å². The van der Waals surface area contributed by atoms with Gasteiger partial charge in [0.25, 0.3) is 0 Å². The number of alkyl halides is 1. The van der Waals surface area contributed by atoms with Crippen LogP contribution in [0, 0.1) is 0 Å². The van der Waals surface area contributed by atoms with Gasteiger partial charge in [-0.2, -0.15) is 0 Å². The highest BCUT2D eigenvalue weighted by atomic mass is 35.5. The van der Waals surface area contributed by atoms with E-state index in [9.17, 15) is 4.79 Å². The first-order valence-corrected chi connectivity index (χ1v) is 15.2. The molecule has 0 saturated heterocycles. The van der Waals surface area contributed by atoms with Gasteiger partial charge in [-0.1, -0.05) is 35.9 Å². The first-order valence-electron chi connectivity index (χ1n) is 14.8. The van der Waals surface area contributed by atoms with Crippen molar-refractivity contribution in [2.45, 2.75) is 100 Å². The Morgan fingerprint density at radius 1 is 1.00 bits per heavy atom. The third kappa shape index (κ3) is 4.71. The standard InChI is InChI=1S/C33H37ClFN3O/c34-23-12-13-27-29(15-23)37-28-10-4-3-9-26(28)31(27)36-14-6-5-11-30(39)38-33-18-21-16-32(35,20-33)17-22(19-33)25-8-2-1-7-24(21)25/h1-2,7-8,12-13,15,21-22H,3-6,9-11,14,16-20H2,(H,36,37)(H,38,39). The summed E-state index contributed by atoms with van der Waals surface area (Å²) in [5.41, 5.74) is 5.72. The number of unbranched alkanes of at least 4 members (excludes halogenated alkanes) is 1. The smallest absolute Gasteiger partial charge is 0.220 e. The molecule has 39 heavy (non-hydrogen) atoms. The number of fused-ring (bicyclic) bond motifs is 2. The minimum Gasteiger partial charge on any atom is -0.384 e. The van der Waals surface area contributed by atoms with Crippen LogP contribution in [0.15, 0.2) is 42.5 Å². The molecule has 2 unspecified atom stereocenters. The van der Waals surface area contributed by atoms with E-state index in [1.165, 1.54) is 40.9 Å². The number of pyridine rings is 1. The van der Waals surface area contributed by atoms with Crippen LogP contribution in [-0.2, 0) is 17.6 Å². The molecule has 4 bridgehead atoms. The lowest BCUT2D eigenvalue weighted by Crippen LogP contribution is -2.59. The van der Waals surface area contributed by atoms with Crippen molar-refractivity contribution >= 4 is 34.1 Å². The van der Waals surface area contributed by atoms with Crippen molar-refractivity contribution in [2.24, 2.45) is 0 Å². The van der Waals surface area contributed by atoms with Crippen molar-refractivity contribution in [3.05, 3.63) is 69.9 Å². The van der Waals surface area contributed by atoms with E-state index in [1.54, 1.807) is 0 Å². The Kier molecular flexibility index (Phi) is 6.34. The topological polar surface area (TPSA) is 54.0 Å². The van der Waals surface area contributed by atoms with Crippen LogP contribution in [-0.4, -0.2) is 28.6 Å². The fourth-order valence-corrected chi connectivity index (χ4v) is 8.62. The number of nitrogens with one attached hydrogen (secondary N) is 2. The van der Waals surface area contributed by atoms with Crippen molar-refractivity contribution in [3.8, 4) is 0 Å². The Morgan fingerprint density at radius 3 is 2.51 bits per heavy atom. The summed E-state index contributed by atoms with van der Waals surface area (Å²) in [7, 11) is 0. The minimum atomic E-state index is -1.17. The van der Waals surface area contributed by atoms with Crippen LogP contribution in [0.2, 0.25) is 5.02 Å². The monoisotopic (exact) mass is 545 g/mol. The first kappa shape index (κ1) is 25.3. The van der Waals surface area contributed by atoms with Crippen molar-refractivity contribution < 1.29 is 9.18 Å². The van der Waals surface area contributed by atoms with E-state index in [0.29, 0.717) is 30.7 Å². The molecule has 1 heterocycles. The maximum Gasteiger partial charge on any atom is 0.220 e. The Morgan fingerprint density at radius 2 is 1.74 bits per heavy atom. The highest BCUT2D eigenvalue weighted by molar-refractivity contribution is 6.31. The summed E-state index contributed by atoms with van der Waals surface area (Å²) >= 11 is 6.26.